The molecular weight excluding hydrogens is 130 g/mol. The average molecular weight is 139 g/mol. The van der Waals surface area contributed by atoms with Crippen LogP contribution >= 0.6 is 0 Å². The molecule has 0 unspecified atom stereocenters. The molecule has 0 aromatic carbocycles. The predicted octanol–water partition coefficient (Wildman–Crippen LogP) is 0.423. The van der Waals surface area contributed by atoms with Gasteiger partial charge >= 0.3 is 0 Å². The van der Waals surface area contributed by atoms with Gasteiger partial charge in [0.2, 0.25) is 0 Å². The van der Waals surface area contributed by atoms with Gasteiger partial charge in [-0.05, 0) is 6.92 Å². The van der Waals surface area contributed by atoms with Gasteiger partial charge in [-0.1, -0.05) is 0 Å². The first kappa shape index (κ1) is 5.88. The minimum absolute atomic E-state index is 0.555. The summed E-state index contributed by atoms with van der Waals surface area (Å²) in [5, 5.41) is 17.2. The molecule has 1 aromatic heterocycles. The molecule has 4 nitrogen and oxygen atoms in total. The number of H-pyrrole nitrogens is 1. The maximum absolute atomic E-state index is 9.04. The molecule has 0 radical (unpaired) electrons. The number of hydrogen-bond donors (Lipinski definition) is 2. The molecule has 1 aliphatic rings. The largest absolute Gasteiger partial charge is 0.313 e. The van der Waals surface area contributed by atoms with Crippen LogP contribution < -0.4 is 0 Å². The zero-order valence-electron chi connectivity index (χ0n) is 5.76. The highest BCUT2D eigenvalue weighted by atomic mass is 16.5. The fourth-order valence-corrected chi connectivity index (χ4v) is 1.25. The molecule has 0 atom stereocenters. The van der Waals surface area contributed by atoms with Crippen molar-refractivity contribution in [3.8, 4) is 0 Å². The Hall–Kier alpha value is -0.870. The van der Waals surface area contributed by atoms with Crippen molar-refractivity contribution in [1.29, 1.82) is 0 Å². The molecule has 2 N–H and O–H groups in total. The van der Waals surface area contributed by atoms with Gasteiger partial charge in [0.25, 0.3) is 0 Å². The van der Waals surface area contributed by atoms with E-state index in [-0.39, 0.29) is 0 Å². The van der Waals surface area contributed by atoms with Crippen LogP contribution in [0.1, 0.15) is 17.0 Å². The predicted molar refractivity (Wildman–Crippen MR) is 34.4 cm³/mol. The van der Waals surface area contributed by atoms with Crippen molar-refractivity contribution < 1.29 is 5.21 Å². The van der Waals surface area contributed by atoms with E-state index in [1.165, 1.54) is 5.06 Å². The Kier molecular flexibility index (Phi) is 1.06. The highest BCUT2D eigenvalue weighted by Crippen LogP contribution is 2.20. The third kappa shape index (κ3) is 0.661. The standard InChI is InChI=1S/C6H9N3O/c1-4-5-2-9(10)3-6(5)8-7-4/h10H,2-3H2,1H3,(H,7,8). The number of nitrogens with zero attached hydrogens (tertiary/aromatic N) is 2. The van der Waals surface area contributed by atoms with Gasteiger partial charge in [0.15, 0.2) is 0 Å². The van der Waals surface area contributed by atoms with E-state index < -0.39 is 0 Å². The van der Waals surface area contributed by atoms with Crippen molar-refractivity contribution in [3.63, 3.8) is 0 Å². The molecular formula is C6H9N3O. The van der Waals surface area contributed by atoms with Crippen molar-refractivity contribution in [2.45, 2.75) is 20.0 Å². The maximum atomic E-state index is 9.04. The SMILES string of the molecule is Cc1[nH]nc2c1CN(O)C2. The fraction of sp³-hybridized carbons (Fsp3) is 0.500. The first-order valence-corrected chi connectivity index (χ1v) is 3.24. The van der Waals surface area contributed by atoms with Crippen LogP contribution in [0.5, 0.6) is 0 Å². The second-order valence-electron chi connectivity index (χ2n) is 2.60. The smallest absolute Gasteiger partial charge is 0.0835 e. The topological polar surface area (TPSA) is 52.2 Å². The molecule has 0 spiro atoms. The van der Waals surface area contributed by atoms with E-state index in [4.69, 9.17) is 5.21 Å². The summed E-state index contributed by atoms with van der Waals surface area (Å²) in [5.74, 6) is 0. The molecule has 0 saturated heterocycles. The normalized spacial score (nSPS) is 17.8. The van der Waals surface area contributed by atoms with E-state index in [2.05, 4.69) is 10.2 Å². The number of fused-ring (bicyclic) bond motifs is 1. The number of nitrogens with one attached hydrogen (secondary N) is 1. The number of aromatic amines is 1. The monoisotopic (exact) mass is 139 g/mol. The third-order valence-electron chi connectivity index (χ3n) is 1.83. The lowest BCUT2D eigenvalue weighted by molar-refractivity contribution is -0.0978. The molecule has 54 valence electrons. The van der Waals surface area contributed by atoms with E-state index in [9.17, 15) is 0 Å². The lowest BCUT2D eigenvalue weighted by atomic mass is 10.2. The molecule has 0 saturated carbocycles. The number of hydrogen-bond acceptors (Lipinski definition) is 3. The van der Waals surface area contributed by atoms with Crippen LogP contribution in [0.25, 0.3) is 0 Å². The number of aryl methyl sites for hydroxylation is 1. The average Bonchev–Trinajstić information content (AvgIpc) is 2.35. The van der Waals surface area contributed by atoms with E-state index in [1.807, 2.05) is 6.92 Å². The Balaban J connectivity index is 2.44. The summed E-state index contributed by atoms with van der Waals surface area (Å²) >= 11 is 0. The van der Waals surface area contributed by atoms with E-state index in [0.717, 1.165) is 17.0 Å². The van der Waals surface area contributed by atoms with Crippen molar-refractivity contribution in [2.24, 2.45) is 0 Å². The van der Waals surface area contributed by atoms with Crippen molar-refractivity contribution in [1.82, 2.24) is 15.3 Å². The zero-order chi connectivity index (χ0) is 7.14. The Morgan fingerprint density at radius 1 is 1.60 bits per heavy atom. The lowest BCUT2D eigenvalue weighted by Gasteiger charge is -2.01. The highest BCUT2D eigenvalue weighted by molar-refractivity contribution is 5.26. The molecule has 1 aliphatic heterocycles. The van der Waals surface area contributed by atoms with E-state index >= 15 is 0 Å². The Morgan fingerprint density at radius 3 is 3.10 bits per heavy atom. The van der Waals surface area contributed by atoms with Gasteiger partial charge in [-0.3, -0.25) is 5.10 Å². The quantitative estimate of drug-likeness (QED) is 0.547. The second-order valence-corrected chi connectivity index (χ2v) is 2.60. The molecule has 2 heterocycles. The molecule has 1 aromatic rings. The summed E-state index contributed by atoms with van der Waals surface area (Å²) in [6, 6.07) is 0. The zero-order valence-corrected chi connectivity index (χ0v) is 5.76. The van der Waals surface area contributed by atoms with Crippen LogP contribution in [-0.2, 0) is 13.1 Å². The van der Waals surface area contributed by atoms with Crippen LogP contribution in [-0.4, -0.2) is 20.5 Å². The summed E-state index contributed by atoms with van der Waals surface area (Å²) in [6.07, 6.45) is 0. The van der Waals surface area contributed by atoms with Crippen LogP contribution in [0.4, 0.5) is 0 Å². The van der Waals surface area contributed by atoms with Gasteiger partial charge in [0, 0.05) is 11.3 Å². The van der Waals surface area contributed by atoms with Crippen molar-refractivity contribution in [3.05, 3.63) is 17.0 Å². The lowest BCUT2D eigenvalue weighted by Crippen LogP contribution is -2.10. The van der Waals surface area contributed by atoms with Gasteiger partial charge in [0.05, 0.1) is 18.8 Å². The van der Waals surface area contributed by atoms with Gasteiger partial charge in [-0.25, -0.2) is 0 Å². The molecule has 0 fully saturated rings. The summed E-state index contributed by atoms with van der Waals surface area (Å²) in [4.78, 5) is 0. The molecule has 0 amide bonds. The van der Waals surface area contributed by atoms with E-state index in [1.54, 1.807) is 0 Å². The van der Waals surface area contributed by atoms with Gasteiger partial charge < -0.3 is 5.21 Å². The molecule has 2 rings (SSSR count). The third-order valence-corrected chi connectivity index (χ3v) is 1.83. The summed E-state index contributed by atoms with van der Waals surface area (Å²) in [5.41, 5.74) is 3.18. The second kappa shape index (κ2) is 1.81. The van der Waals surface area contributed by atoms with Gasteiger partial charge in [0.1, 0.15) is 0 Å². The summed E-state index contributed by atoms with van der Waals surface area (Å²) in [7, 11) is 0. The van der Waals surface area contributed by atoms with Gasteiger partial charge in [-0.15, -0.1) is 0 Å². The van der Waals surface area contributed by atoms with E-state index in [0.29, 0.717) is 13.1 Å². The van der Waals surface area contributed by atoms with Crippen molar-refractivity contribution in [2.75, 3.05) is 0 Å². The van der Waals surface area contributed by atoms with Crippen LogP contribution in [0.2, 0.25) is 0 Å². The molecule has 0 aliphatic carbocycles. The highest BCUT2D eigenvalue weighted by Gasteiger charge is 2.21. The Labute approximate surface area is 58.4 Å². The van der Waals surface area contributed by atoms with Crippen LogP contribution in [0.3, 0.4) is 0 Å². The summed E-state index contributed by atoms with van der Waals surface area (Å²) < 4.78 is 0. The summed E-state index contributed by atoms with van der Waals surface area (Å²) in [6.45, 7) is 3.13. The first-order valence-electron chi connectivity index (χ1n) is 3.24. The number of rotatable bonds is 0. The minimum Gasteiger partial charge on any atom is -0.313 e. The molecule has 10 heavy (non-hydrogen) atoms. The Bertz CT molecular complexity index is 255. The number of hydroxylamine groups is 2. The molecule has 0 bridgehead atoms. The van der Waals surface area contributed by atoms with Crippen LogP contribution in [0, 0.1) is 6.92 Å². The Morgan fingerprint density at radius 2 is 2.40 bits per heavy atom. The fourth-order valence-electron chi connectivity index (χ4n) is 1.25. The molecule has 4 heteroatoms. The van der Waals surface area contributed by atoms with Crippen molar-refractivity contribution >= 4 is 0 Å². The number of aromatic nitrogens is 2. The minimum atomic E-state index is 0.555. The van der Waals surface area contributed by atoms with Crippen LogP contribution in [0.15, 0.2) is 0 Å². The maximum Gasteiger partial charge on any atom is 0.0835 e. The van der Waals surface area contributed by atoms with Gasteiger partial charge in [-0.2, -0.15) is 10.2 Å². The first-order chi connectivity index (χ1) is 4.77.